The lowest BCUT2D eigenvalue weighted by molar-refractivity contribution is 0.191. The molecule has 3 aromatic rings. The minimum absolute atomic E-state index is 0.0388. The molecule has 180 valence electrons. The highest BCUT2D eigenvalue weighted by molar-refractivity contribution is 5.89. The first-order chi connectivity index (χ1) is 16.4. The Kier molecular flexibility index (Phi) is 6.09. The molecule has 1 saturated heterocycles. The van der Waals surface area contributed by atoms with E-state index in [-0.39, 0.29) is 36.1 Å². The Labute approximate surface area is 194 Å². The number of nitrogens with zero attached hydrogens (tertiary/aromatic N) is 6. The second kappa shape index (κ2) is 9.19. The van der Waals surface area contributed by atoms with Crippen LogP contribution < -0.4 is 5.32 Å². The number of halogens is 3. The van der Waals surface area contributed by atoms with Gasteiger partial charge in [0.05, 0.1) is 30.0 Å². The zero-order valence-electron chi connectivity index (χ0n) is 18.8. The summed E-state index contributed by atoms with van der Waals surface area (Å²) in [4.78, 5) is 26.5. The molecule has 0 radical (unpaired) electrons. The Morgan fingerprint density at radius 2 is 2.06 bits per heavy atom. The van der Waals surface area contributed by atoms with Crippen LogP contribution in [0, 0.1) is 17.6 Å². The SMILES string of the molecule is Cn1nc(-c2ncc(F)c(CC3CCC[C@@H](NC(=O)N4CC[C@@H](F)C4)C3)n2)c2cc(F)cnc21. The smallest absolute Gasteiger partial charge is 0.317 e. The third-order valence-corrected chi connectivity index (χ3v) is 6.68. The lowest BCUT2D eigenvalue weighted by atomic mass is 9.83. The number of urea groups is 1. The van der Waals surface area contributed by atoms with Gasteiger partial charge in [0.25, 0.3) is 0 Å². The predicted molar refractivity (Wildman–Crippen MR) is 119 cm³/mol. The zero-order chi connectivity index (χ0) is 23.8. The van der Waals surface area contributed by atoms with E-state index in [1.165, 1.54) is 15.6 Å². The Balaban J connectivity index is 1.31. The average molecular weight is 474 g/mol. The first-order valence-electron chi connectivity index (χ1n) is 11.6. The van der Waals surface area contributed by atoms with Gasteiger partial charge in [-0.2, -0.15) is 5.10 Å². The molecule has 2 aliphatic rings. The van der Waals surface area contributed by atoms with Crippen LogP contribution in [0.15, 0.2) is 18.5 Å². The first-order valence-corrected chi connectivity index (χ1v) is 11.6. The van der Waals surface area contributed by atoms with Gasteiger partial charge in [-0.3, -0.25) is 0 Å². The summed E-state index contributed by atoms with van der Waals surface area (Å²) < 4.78 is 43.4. The Bertz CT molecular complexity index is 1220. The van der Waals surface area contributed by atoms with Crippen LogP contribution in [0.4, 0.5) is 18.0 Å². The largest absolute Gasteiger partial charge is 0.335 e. The topological polar surface area (TPSA) is 88.8 Å². The number of aryl methyl sites for hydroxylation is 1. The second-order valence-electron chi connectivity index (χ2n) is 9.20. The quantitative estimate of drug-likeness (QED) is 0.626. The molecule has 1 aliphatic carbocycles. The number of hydrogen-bond donors (Lipinski definition) is 1. The van der Waals surface area contributed by atoms with Gasteiger partial charge in [0.1, 0.15) is 17.7 Å². The van der Waals surface area contributed by atoms with Crippen molar-refractivity contribution >= 4 is 17.1 Å². The number of carbonyl (C=O) groups is 1. The summed E-state index contributed by atoms with van der Waals surface area (Å²) in [7, 11) is 1.69. The molecule has 0 aromatic carbocycles. The van der Waals surface area contributed by atoms with Crippen LogP contribution in [0.5, 0.6) is 0 Å². The second-order valence-corrected chi connectivity index (χ2v) is 9.20. The molecule has 3 atom stereocenters. The number of likely N-dealkylation sites (tertiary alicyclic amines) is 1. The van der Waals surface area contributed by atoms with Crippen LogP contribution >= 0.6 is 0 Å². The van der Waals surface area contributed by atoms with Crippen molar-refractivity contribution < 1.29 is 18.0 Å². The molecule has 1 unspecified atom stereocenters. The molecule has 5 rings (SSSR count). The van der Waals surface area contributed by atoms with Crippen molar-refractivity contribution in [1.29, 1.82) is 0 Å². The summed E-state index contributed by atoms with van der Waals surface area (Å²) in [5, 5.41) is 7.84. The van der Waals surface area contributed by atoms with Gasteiger partial charge in [0, 0.05) is 19.6 Å². The van der Waals surface area contributed by atoms with Crippen LogP contribution in [0.25, 0.3) is 22.6 Å². The van der Waals surface area contributed by atoms with Crippen molar-refractivity contribution in [2.24, 2.45) is 13.0 Å². The predicted octanol–water partition coefficient (Wildman–Crippen LogP) is 3.56. The van der Waals surface area contributed by atoms with Gasteiger partial charge in [-0.25, -0.2) is 37.6 Å². The molecule has 2 amide bonds. The van der Waals surface area contributed by atoms with Gasteiger partial charge in [-0.1, -0.05) is 6.42 Å². The van der Waals surface area contributed by atoms with Crippen LogP contribution in [0.2, 0.25) is 0 Å². The van der Waals surface area contributed by atoms with E-state index < -0.39 is 17.8 Å². The number of nitrogens with one attached hydrogen (secondary N) is 1. The maximum absolute atomic E-state index is 14.6. The van der Waals surface area contributed by atoms with Crippen LogP contribution in [0.3, 0.4) is 0 Å². The van der Waals surface area contributed by atoms with E-state index in [2.05, 4.69) is 25.4 Å². The maximum Gasteiger partial charge on any atom is 0.317 e. The fraction of sp³-hybridized carbons (Fsp3) is 0.522. The minimum atomic E-state index is -0.955. The standard InChI is InChI=1S/C23H26F3N7O/c1-32-22-17(9-15(25)10-28-22)20(31-32)21-27-11-18(26)19(30-21)8-13-3-2-4-16(7-13)29-23(34)33-6-5-14(24)12-33/h9-11,13-14,16H,2-8,12H2,1H3,(H,29,34)/t13?,14-,16-/m1/s1. The average Bonchev–Trinajstić information content (AvgIpc) is 3.39. The number of fused-ring (bicyclic) bond motifs is 1. The number of carbonyl (C=O) groups excluding carboxylic acids is 1. The number of rotatable bonds is 4. The summed E-state index contributed by atoms with van der Waals surface area (Å²) in [6.45, 7) is 0.568. The van der Waals surface area contributed by atoms with E-state index in [4.69, 9.17) is 0 Å². The normalized spacial score (nSPS) is 22.9. The van der Waals surface area contributed by atoms with Gasteiger partial charge in [-0.05, 0) is 44.1 Å². The first kappa shape index (κ1) is 22.5. The molecule has 3 aromatic heterocycles. The van der Waals surface area contributed by atoms with E-state index in [1.54, 1.807) is 7.05 Å². The molecule has 34 heavy (non-hydrogen) atoms. The van der Waals surface area contributed by atoms with E-state index in [0.717, 1.165) is 31.7 Å². The van der Waals surface area contributed by atoms with Crippen molar-refractivity contribution in [3.8, 4) is 11.5 Å². The highest BCUT2D eigenvalue weighted by atomic mass is 19.1. The third-order valence-electron chi connectivity index (χ3n) is 6.68. The molecule has 0 bridgehead atoms. The highest BCUT2D eigenvalue weighted by Gasteiger charge is 2.30. The number of hydrogen-bond acceptors (Lipinski definition) is 5. The minimum Gasteiger partial charge on any atom is -0.335 e. The molecular weight excluding hydrogens is 447 g/mol. The van der Waals surface area contributed by atoms with E-state index in [9.17, 15) is 18.0 Å². The molecule has 11 heteroatoms. The highest BCUT2D eigenvalue weighted by Crippen LogP contribution is 2.30. The van der Waals surface area contributed by atoms with Crippen molar-refractivity contribution in [3.05, 3.63) is 35.8 Å². The summed E-state index contributed by atoms with van der Waals surface area (Å²) in [6, 6.07) is 1.05. The molecule has 1 aliphatic heterocycles. The molecule has 2 fully saturated rings. The number of alkyl halides is 1. The fourth-order valence-electron chi connectivity index (χ4n) is 4.99. The van der Waals surface area contributed by atoms with Crippen LogP contribution in [-0.2, 0) is 13.5 Å². The Morgan fingerprint density at radius 3 is 2.85 bits per heavy atom. The number of pyridine rings is 1. The molecule has 8 nitrogen and oxygen atoms in total. The van der Waals surface area contributed by atoms with Crippen LogP contribution in [-0.4, -0.2) is 61.0 Å². The van der Waals surface area contributed by atoms with Gasteiger partial charge in [0.15, 0.2) is 17.3 Å². The number of amides is 2. The Hall–Kier alpha value is -3.24. The lowest BCUT2D eigenvalue weighted by Gasteiger charge is -2.31. The van der Waals surface area contributed by atoms with Gasteiger partial charge >= 0.3 is 6.03 Å². The van der Waals surface area contributed by atoms with E-state index in [0.29, 0.717) is 42.5 Å². The van der Waals surface area contributed by atoms with Crippen molar-refractivity contribution in [1.82, 2.24) is 34.9 Å². The zero-order valence-corrected chi connectivity index (χ0v) is 18.8. The van der Waals surface area contributed by atoms with E-state index >= 15 is 0 Å². The fourth-order valence-corrected chi connectivity index (χ4v) is 4.99. The van der Waals surface area contributed by atoms with Gasteiger partial charge in [-0.15, -0.1) is 0 Å². The van der Waals surface area contributed by atoms with Crippen molar-refractivity contribution in [2.45, 2.75) is 50.7 Å². The van der Waals surface area contributed by atoms with Crippen molar-refractivity contribution in [3.63, 3.8) is 0 Å². The van der Waals surface area contributed by atoms with Crippen molar-refractivity contribution in [2.75, 3.05) is 13.1 Å². The van der Waals surface area contributed by atoms with Gasteiger partial charge < -0.3 is 10.2 Å². The molecule has 1 saturated carbocycles. The van der Waals surface area contributed by atoms with Gasteiger partial charge in [0.2, 0.25) is 0 Å². The van der Waals surface area contributed by atoms with Crippen LogP contribution in [0.1, 0.15) is 37.8 Å². The summed E-state index contributed by atoms with van der Waals surface area (Å²) in [6.07, 6.45) is 5.37. The molecular formula is C23H26F3N7O. The molecule has 0 spiro atoms. The lowest BCUT2D eigenvalue weighted by Crippen LogP contribution is -2.45. The third kappa shape index (κ3) is 4.55. The number of aromatic nitrogens is 5. The maximum atomic E-state index is 14.6. The van der Waals surface area contributed by atoms with E-state index in [1.807, 2.05) is 0 Å². The summed E-state index contributed by atoms with van der Waals surface area (Å²) >= 11 is 0. The summed E-state index contributed by atoms with van der Waals surface area (Å²) in [5.74, 6) is -0.672. The Morgan fingerprint density at radius 1 is 1.21 bits per heavy atom. The monoisotopic (exact) mass is 473 g/mol. The molecule has 1 N–H and O–H groups in total. The molecule has 4 heterocycles. The summed E-state index contributed by atoms with van der Waals surface area (Å²) in [5.41, 5.74) is 1.09.